The normalized spacial score (nSPS) is 15.8. The topological polar surface area (TPSA) is 81.7 Å². The van der Waals surface area contributed by atoms with Crippen LogP contribution in [0.1, 0.15) is 12.2 Å². The first-order valence-electron chi connectivity index (χ1n) is 11.5. The van der Waals surface area contributed by atoms with Crippen LogP contribution in [0.15, 0.2) is 53.4 Å². The third kappa shape index (κ3) is 5.69. The first-order chi connectivity index (χ1) is 16.3. The van der Waals surface area contributed by atoms with Crippen molar-refractivity contribution in [2.45, 2.75) is 17.9 Å². The fourth-order valence-corrected chi connectivity index (χ4v) is 5.54. The Balaban J connectivity index is 1.43. The lowest BCUT2D eigenvalue weighted by Crippen LogP contribution is -2.48. The van der Waals surface area contributed by atoms with Gasteiger partial charge in [-0.05, 0) is 51.3 Å². The Hall–Kier alpha value is -2.66. The Bertz CT molecular complexity index is 1230. The average Bonchev–Trinajstić information content (AvgIpc) is 2.82. The molecule has 1 aliphatic heterocycles. The highest BCUT2D eigenvalue weighted by Gasteiger charge is 2.30. The highest BCUT2D eigenvalue weighted by Crippen LogP contribution is 2.23. The molecular formula is C24H31FN6O2S. The molecule has 8 nitrogen and oxygen atoms in total. The Labute approximate surface area is 200 Å². The summed E-state index contributed by atoms with van der Waals surface area (Å²) in [4.78, 5) is 13.5. The van der Waals surface area contributed by atoms with Gasteiger partial charge in [-0.3, -0.25) is 4.90 Å². The van der Waals surface area contributed by atoms with E-state index in [1.807, 2.05) is 24.3 Å². The summed E-state index contributed by atoms with van der Waals surface area (Å²) in [6.07, 6.45) is 0.999. The van der Waals surface area contributed by atoms with E-state index in [0.29, 0.717) is 38.5 Å². The number of nitrogens with one attached hydrogen (secondary N) is 1. The molecule has 182 valence electrons. The molecule has 4 rings (SSSR count). The van der Waals surface area contributed by atoms with Gasteiger partial charge in [0.15, 0.2) is 0 Å². The summed E-state index contributed by atoms with van der Waals surface area (Å²) in [6, 6.07) is 13.4. The maximum Gasteiger partial charge on any atom is 0.246 e. The molecule has 3 aromatic rings. The molecule has 0 bridgehead atoms. The van der Waals surface area contributed by atoms with Gasteiger partial charge < -0.3 is 10.2 Å². The van der Waals surface area contributed by atoms with E-state index in [4.69, 9.17) is 9.97 Å². The van der Waals surface area contributed by atoms with Crippen LogP contribution in [0.25, 0.3) is 10.9 Å². The fraction of sp³-hybridized carbons (Fsp3) is 0.417. The van der Waals surface area contributed by atoms with Crippen molar-refractivity contribution in [3.8, 4) is 0 Å². The van der Waals surface area contributed by atoms with Crippen LogP contribution in [0.5, 0.6) is 0 Å². The SMILES string of the molecule is CN(C)CCCNc1nc(CN2CCN(S(=O)(=O)c3ccccc3F)CC2)nc2ccccc12. The molecule has 0 unspecified atom stereocenters. The number of sulfonamides is 1. The molecule has 0 aliphatic carbocycles. The van der Waals surface area contributed by atoms with Crippen LogP contribution in [-0.4, -0.2) is 85.9 Å². The van der Waals surface area contributed by atoms with Crippen LogP contribution in [0.3, 0.4) is 0 Å². The number of aromatic nitrogens is 2. The first-order valence-corrected chi connectivity index (χ1v) is 12.9. The second kappa shape index (κ2) is 10.7. The summed E-state index contributed by atoms with van der Waals surface area (Å²) >= 11 is 0. The number of anilines is 1. The lowest BCUT2D eigenvalue weighted by Gasteiger charge is -2.33. The fourth-order valence-electron chi connectivity index (χ4n) is 4.05. The highest BCUT2D eigenvalue weighted by atomic mass is 32.2. The van der Waals surface area contributed by atoms with Crippen LogP contribution in [0.2, 0.25) is 0 Å². The van der Waals surface area contributed by atoms with Crippen molar-refractivity contribution < 1.29 is 12.8 Å². The number of nitrogens with zero attached hydrogens (tertiary/aromatic N) is 5. The summed E-state index contributed by atoms with van der Waals surface area (Å²) in [5.41, 5.74) is 0.878. The van der Waals surface area contributed by atoms with Crippen molar-refractivity contribution in [3.63, 3.8) is 0 Å². The number of benzene rings is 2. The summed E-state index contributed by atoms with van der Waals surface area (Å²) < 4.78 is 41.2. The van der Waals surface area contributed by atoms with Crippen molar-refractivity contribution in [2.75, 3.05) is 58.7 Å². The van der Waals surface area contributed by atoms with Gasteiger partial charge in [-0.15, -0.1) is 0 Å². The predicted octanol–water partition coefficient (Wildman–Crippen LogP) is 2.64. The van der Waals surface area contributed by atoms with Gasteiger partial charge in [-0.2, -0.15) is 4.31 Å². The number of halogens is 1. The molecule has 1 fully saturated rings. The molecule has 0 spiro atoms. The molecule has 1 N–H and O–H groups in total. The molecule has 1 aromatic heterocycles. The summed E-state index contributed by atoms with van der Waals surface area (Å²) in [5.74, 6) is 0.791. The second-order valence-electron chi connectivity index (χ2n) is 8.70. The predicted molar refractivity (Wildman–Crippen MR) is 132 cm³/mol. The maximum atomic E-state index is 14.1. The molecule has 34 heavy (non-hydrogen) atoms. The van der Waals surface area contributed by atoms with E-state index in [9.17, 15) is 12.8 Å². The summed E-state index contributed by atoms with van der Waals surface area (Å²) in [6.45, 7) is 3.95. The zero-order chi connectivity index (χ0) is 24.1. The monoisotopic (exact) mass is 486 g/mol. The minimum Gasteiger partial charge on any atom is -0.369 e. The molecule has 0 amide bonds. The smallest absolute Gasteiger partial charge is 0.246 e. The number of para-hydroxylation sites is 1. The van der Waals surface area contributed by atoms with E-state index in [-0.39, 0.29) is 4.90 Å². The molecule has 2 aromatic carbocycles. The standard InChI is InChI=1S/C24H31FN6O2S/c1-29(2)13-7-12-26-24-19-8-3-5-10-21(19)27-23(28-24)18-30-14-16-31(17-15-30)34(32,33)22-11-6-4-9-20(22)25/h3-6,8-11H,7,12-18H2,1-2H3,(H,26,27,28). The van der Waals surface area contributed by atoms with Gasteiger partial charge >= 0.3 is 0 Å². The quantitative estimate of drug-likeness (QED) is 0.466. The molecular weight excluding hydrogens is 455 g/mol. The molecule has 1 aliphatic rings. The van der Waals surface area contributed by atoms with Gasteiger partial charge in [0.25, 0.3) is 0 Å². The van der Waals surface area contributed by atoms with E-state index in [1.165, 1.54) is 28.6 Å². The van der Waals surface area contributed by atoms with Crippen LogP contribution < -0.4 is 5.32 Å². The average molecular weight is 487 g/mol. The van der Waals surface area contributed by atoms with Crippen molar-refractivity contribution >= 4 is 26.7 Å². The van der Waals surface area contributed by atoms with Gasteiger partial charge in [0.1, 0.15) is 22.4 Å². The Kier molecular flexibility index (Phi) is 7.72. The van der Waals surface area contributed by atoms with E-state index >= 15 is 0 Å². The zero-order valence-electron chi connectivity index (χ0n) is 19.6. The van der Waals surface area contributed by atoms with Gasteiger partial charge in [0.2, 0.25) is 10.0 Å². The Morgan fingerprint density at radius 3 is 2.44 bits per heavy atom. The maximum absolute atomic E-state index is 14.1. The van der Waals surface area contributed by atoms with Crippen LogP contribution in [-0.2, 0) is 16.6 Å². The number of hydrogen-bond acceptors (Lipinski definition) is 7. The van der Waals surface area contributed by atoms with Gasteiger partial charge in [0, 0.05) is 38.1 Å². The summed E-state index contributed by atoms with van der Waals surface area (Å²) in [5, 5.41) is 4.43. The van der Waals surface area contributed by atoms with Crippen molar-refractivity contribution in [1.82, 2.24) is 24.1 Å². The third-order valence-corrected chi connectivity index (χ3v) is 7.81. The minimum absolute atomic E-state index is 0.272. The second-order valence-corrected chi connectivity index (χ2v) is 10.6. The largest absolute Gasteiger partial charge is 0.369 e. The summed E-state index contributed by atoms with van der Waals surface area (Å²) in [7, 11) is 0.254. The number of hydrogen-bond donors (Lipinski definition) is 1. The number of rotatable bonds is 9. The number of fused-ring (bicyclic) bond motifs is 1. The van der Waals surface area contributed by atoms with Crippen LogP contribution >= 0.6 is 0 Å². The first kappa shape index (κ1) is 24.5. The van der Waals surface area contributed by atoms with E-state index < -0.39 is 15.8 Å². The molecule has 0 radical (unpaired) electrons. The van der Waals surface area contributed by atoms with Gasteiger partial charge in [0.05, 0.1) is 12.1 Å². The van der Waals surface area contributed by atoms with E-state index in [2.05, 4.69) is 29.2 Å². The minimum atomic E-state index is -3.86. The van der Waals surface area contributed by atoms with Gasteiger partial charge in [-0.1, -0.05) is 24.3 Å². The molecule has 2 heterocycles. The Morgan fingerprint density at radius 1 is 1.00 bits per heavy atom. The van der Waals surface area contributed by atoms with E-state index in [0.717, 1.165) is 36.2 Å². The van der Waals surface area contributed by atoms with Crippen LogP contribution in [0, 0.1) is 5.82 Å². The highest BCUT2D eigenvalue weighted by molar-refractivity contribution is 7.89. The molecule has 0 saturated carbocycles. The lowest BCUT2D eigenvalue weighted by molar-refractivity contribution is 0.178. The van der Waals surface area contributed by atoms with E-state index in [1.54, 1.807) is 0 Å². The molecule has 0 atom stereocenters. The lowest BCUT2D eigenvalue weighted by atomic mass is 10.2. The molecule has 10 heteroatoms. The van der Waals surface area contributed by atoms with Crippen molar-refractivity contribution in [1.29, 1.82) is 0 Å². The van der Waals surface area contributed by atoms with Gasteiger partial charge in [-0.25, -0.2) is 22.8 Å². The van der Waals surface area contributed by atoms with Crippen molar-refractivity contribution in [2.24, 2.45) is 0 Å². The third-order valence-electron chi connectivity index (χ3n) is 5.87. The zero-order valence-corrected chi connectivity index (χ0v) is 20.4. The number of piperazine rings is 1. The Morgan fingerprint density at radius 2 is 1.71 bits per heavy atom. The van der Waals surface area contributed by atoms with Crippen LogP contribution in [0.4, 0.5) is 10.2 Å². The molecule has 1 saturated heterocycles. The van der Waals surface area contributed by atoms with Crippen molar-refractivity contribution in [3.05, 3.63) is 60.2 Å².